The number of ether oxygens (including phenoxy) is 1. The molecule has 1 aromatic carbocycles. The maximum absolute atomic E-state index is 5.36. The SMILES string of the molecule is COc1cc(C)ccc1N=CCc1occc1C. The Bertz CT molecular complexity index is 555. The third kappa shape index (κ3) is 2.80. The molecule has 0 saturated carbocycles. The predicted octanol–water partition coefficient (Wildman–Crippen LogP) is 3.85. The van der Waals surface area contributed by atoms with E-state index in [1.165, 1.54) is 0 Å². The number of benzene rings is 1. The summed E-state index contributed by atoms with van der Waals surface area (Å²) < 4.78 is 10.7. The van der Waals surface area contributed by atoms with E-state index < -0.39 is 0 Å². The number of methoxy groups -OCH3 is 1. The lowest BCUT2D eigenvalue weighted by atomic mass is 10.2. The minimum absolute atomic E-state index is 0.690. The van der Waals surface area contributed by atoms with Crippen LogP contribution in [-0.2, 0) is 6.42 Å². The molecular weight excluding hydrogens is 226 g/mol. The van der Waals surface area contributed by atoms with Gasteiger partial charge in [-0.2, -0.15) is 0 Å². The van der Waals surface area contributed by atoms with Crippen LogP contribution in [0.25, 0.3) is 0 Å². The number of aryl methyl sites for hydroxylation is 2. The maximum atomic E-state index is 5.36. The van der Waals surface area contributed by atoms with E-state index in [9.17, 15) is 0 Å². The van der Waals surface area contributed by atoms with Crippen LogP contribution in [0.15, 0.2) is 39.9 Å². The zero-order valence-electron chi connectivity index (χ0n) is 10.9. The number of rotatable bonds is 4. The summed E-state index contributed by atoms with van der Waals surface area (Å²) in [6, 6.07) is 7.91. The van der Waals surface area contributed by atoms with Gasteiger partial charge in [0.2, 0.25) is 0 Å². The molecule has 1 aromatic heterocycles. The van der Waals surface area contributed by atoms with E-state index in [0.717, 1.165) is 28.3 Å². The van der Waals surface area contributed by atoms with Crippen molar-refractivity contribution in [2.24, 2.45) is 4.99 Å². The molecule has 0 saturated heterocycles. The smallest absolute Gasteiger partial charge is 0.144 e. The average Bonchev–Trinajstić information content (AvgIpc) is 2.77. The molecule has 0 amide bonds. The summed E-state index contributed by atoms with van der Waals surface area (Å²) in [6.45, 7) is 4.06. The first kappa shape index (κ1) is 12.4. The van der Waals surface area contributed by atoms with E-state index in [1.807, 2.05) is 44.3 Å². The summed E-state index contributed by atoms with van der Waals surface area (Å²) in [6.07, 6.45) is 4.24. The highest BCUT2D eigenvalue weighted by atomic mass is 16.5. The molecule has 18 heavy (non-hydrogen) atoms. The molecule has 3 nitrogen and oxygen atoms in total. The third-order valence-corrected chi connectivity index (χ3v) is 2.81. The second-order valence-electron chi connectivity index (χ2n) is 4.22. The van der Waals surface area contributed by atoms with Crippen molar-refractivity contribution in [1.29, 1.82) is 0 Å². The molecule has 0 unspecified atom stereocenters. The van der Waals surface area contributed by atoms with E-state index in [2.05, 4.69) is 4.99 Å². The Kier molecular flexibility index (Phi) is 3.82. The van der Waals surface area contributed by atoms with Crippen LogP contribution in [0.3, 0.4) is 0 Å². The summed E-state index contributed by atoms with van der Waals surface area (Å²) in [5.74, 6) is 1.74. The van der Waals surface area contributed by atoms with E-state index >= 15 is 0 Å². The number of nitrogens with zero attached hydrogens (tertiary/aromatic N) is 1. The standard InChI is InChI=1S/C15H17NO2/c1-11-4-5-13(15(10-11)17-3)16-8-6-14-12(2)7-9-18-14/h4-5,7-10H,6H2,1-3H3. The fraction of sp³-hybridized carbons (Fsp3) is 0.267. The summed E-state index contributed by atoms with van der Waals surface area (Å²) in [4.78, 5) is 4.42. The highest BCUT2D eigenvalue weighted by Gasteiger charge is 2.02. The van der Waals surface area contributed by atoms with Crippen molar-refractivity contribution in [1.82, 2.24) is 0 Å². The van der Waals surface area contributed by atoms with Crippen LogP contribution in [0.5, 0.6) is 5.75 Å². The van der Waals surface area contributed by atoms with Crippen molar-refractivity contribution in [3.63, 3.8) is 0 Å². The van der Waals surface area contributed by atoms with Crippen LogP contribution in [0.1, 0.15) is 16.9 Å². The van der Waals surface area contributed by atoms with Crippen LogP contribution in [-0.4, -0.2) is 13.3 Å². The molecule has 94 valence electrons. The van der Waals surface area contributed by atoms with Crippen LogP contribution in [0, 0.1) is 13.8 Å². The molecule has 0 radical (unpaired) electrons. The fourth-order valence-corrected chi connectivity index (χ4v) is 1.73. The number of hydrogen-bond donors (Lipinski definition) is 0. The molecular formula is C15H17NO2. The molecule has 0 aliphatic rings. The molecule has 2 rings (SSSR count). The number of furan rings is 1. The van der Waals surface area contributed by atoms with E-state index in [1.54, 1.807) is 13.4 Å². The van der Waals surface area contributed by atoms with Crippen LogP contribution < -0.4 is 4.74 Å². The molecule has 0 aliphatic heterocycles. The highest BCUT2D eigenvalue weighted by molar-refractivity contribution is 5.68. The van der Waals surface area contributed by atoms with Gasteiger partial charge in [0, 0.05) is 12.6 Å². The van der Waals surface area contributed by atoms with E-state index in [4.69, 9.17) is 9.15 Å². The van der Waals surface area contributed by atoms with Gasteiger partial charge in [0.1, 0.15) is 17.2 Å². The first-order valence-electron chi connectivity index (χ1n) is 5.91. The Balaban J connectivity index is 2.12. The van der Waals surface area contributed by atoms with Crippen molar-refractivity contribution in [3.8, 4) is 5.75 Å². The molecule has 2 aromatic rings. The predicted molar refractivity (Wildman–Crippen MR) is 73.0 cm³/mol. The van der Waals surface area contributed by atoms with Crippen molar-refractivity contribution in [2.45, 2.75) is 20.3 Å². The van der Waals surface area contributed by atoms with Gasteiger partial charge in [-0.25, -0.2) is 0 Å². The first-order valence-corrected chi connectivity index (χ1v) is 5.91. The van der Waals surface area contributed by atoms with E-state index in [-0.39, 0.29) is 0 Å². The van der Waals surface area contributed by atoms with Gasteiger partial charge in [0.15, 0.2) is 0 Å². The lowest BCUT2D eigenvalue weighted by Gasteiger charge is -2.04. The quantitative estimate of drug-likeness (QED) is 0.764. The summed E-state index contributed by atoms with van der Waals surface area (Å²) in [7, 11) is 1.66. The van der Waals surface area contributed by atoms with Gasteiger partial charge in [-0.15, -0.1) is 0 Å². The number of hydrogen-bond acceptors (Lipinski definition) is 3. The fourth-order valence-electron chi connectivity index (χ4n) is 1.73. The van der Waals surface area contributed by atoms with Gasteiger partial charge in [0.05, 0.1) is 13.4 Å². The molecule has 0 N–H and O–H groups in total. The lowest BCUT2D eigenvalue weighted by Crippen LogP contribution is -1.87. The molecule has 0 bridgehead atoms. The molecule has 0 spiro atoms. The number of aliphatic imine (C=N–C) groups is 1. The van der Waals surface area contributed by atoms with Crippen molar-refractivity contribution < 1.29 is 9.15 Å². The Labute approximate surface area is 107 Å². The Hall–Kier alpha value is -2.03. The third-order valence-electron chi connectivity index (χ3n) is 2.81. The zero-order chi connectivity index (χ0) is 13.0. The normalized spacial score (nSPS) is 11.1. The van der Waals surface area contributed by atoms with Gasteiger partial charge in [-0.05, 0) is 43.2 Å². The van der Waals surface area contributed by atoms with Gasteiger partial charge >= 0.3 is 0 Å². The second-order valence-corrected chi connectivity index (χ2v) is 4.22. The summed E-state index contributed by atoms with van der Waals surface area (Å²) >= 11 is 0. The minimum Gasteiger partial charge on any atom is -0.494 e. The minimum atomic E-state index is 0.690. The topological polar surface area (TPSA) is 34.7 Å². The van der Waals surface area contributed by atoms with E-state index in [0.29, 0.717) is 6.42 Å². The largest absolute Gasteiger partial charge is 0.494 e. The summed E-state index contributed by atoms with van der Waals surface area (Å²) in [5, 5.41) is 0. The van der Waals surface area contributed by atoms with Gasteiger partial charge in [0.25, 0.3) is 0 Å². The molecule has 3 heteroatoms. The zero-order valence-corrected chi connectivity index (χ0v) is 10.9. The Morgan fingerprint density at radius 2 is 2.11 bits per heavy atom. The van der Waals surface area contributed by atoms with Crippen LogP contribution in [0.4, 0.5) is 5.69 Å². The Morgan fingerprint density at radius 3 is 2.78 bits per heavy atom. The lowest BCUT2D eigenvalue weighted by molar-refractivity contribution is 0.416. The molecule has 0 atom stereocenters. The van der Waals surface area contributed by atoms with Gasteiger partial charge in [-0.1, -0.05) is 6.07 Å². The second kappa shape index (κ2) is 5.54. The maximum Gasteiger partial charge on any atom is 0.144 e. The van der Waals surface area contributed by atoms with Crippen molar-refractivity contribution in [3.05, 3.63) is 47.4 Å². The van der Waals surface area contributed by atoms with Crippen LogP contribution >= 0.6 is 0 Å². The first-order chi connectivity index (χ1) is 8.70. The highest BCUT2D eigenvalue weighted by Crippen LogP contribution is 2.27. The Morgan fingerprint density at radius 1 is 1.28 bits per heavy atom. The van der Waals surface area contributed by atoms with Crippen molar-refractivity contribution in [2.75, 3.05) is 7.11 Å². The molecule has 0 fully saturated rings. The van der Waals surface area contributed by atoms with Crippen molar-refractivity contribution >= 4 is 11.9 Å². The summed E-state index contributed by atoms with van der Waals surface area (Å²) in [5.41, 5.74) is 3.15. The average molecular weight is 243 g/mol. The van der Waals surface area contributed by atoms with Gasteiger partial charge < -0.3 is 9.15 Å². The molecule has 1 heterocycles. The van der Waals surface area contributed by atoms with Gasteiger partial charge in [-0.3, -0.25) is 4.99 Å². The molecule has 0 aliphatic carbocycles. The van der Waals surface area contributed by atoms with Crippen LogP contribution in [0.2, 0.25) is 0 Å². The monoisotopic (exact) mass is 243 g/mol.